The fourth-order valence-corrected chi connectivity index (χ4v) is 5.34. The van der Waals surface area contributed by atoms with Crippen LogP contribution in [0.25, 0.3) is 17.1 Å². The normalized spacial score (nSPS) is 20.1. The van der Waals surface area contributed by atoms with E-state index in [9.17, 15) is 0 Å². The first-order valence-electron chi connectivity index (χ1n) is 10.7. The van der Waals surface area contributed by atoms with Crippen LogP contribution < -0.4 is 10.1 Å². The Balaban J connectivity index is 1.42. The molecule has 0 amide bonds. The zero-order chi connectivity index (χ0) is 21.5. The van der Waals surface area contributed by atoms with Gasteiger partial charge >= 0.3 is 0 Å². The van der Waals surface area contributed by atoms with Crippen LogP contribution in [0.15, 0.2) is 29.8 Å². The molecule has 162 valence electrons. The molecule has 1 aliphatic carbocycles. The van der Waals surface area contributed by atoms with E-state index >= 15 is 0 Å². The molecule has 31 heavy (non-hydrogen) atoms. The number of ether oxygens (including phenoxy) is 1. The van der Waals surface area contributed by atoms with Crippen molar-refractivity contribution in [1.29, 1.82) is 0 Å². The molecular formula is C22H27N7OS. The SMILES string of the molecule is CCN1N=C2CCCC2C1Nc1nc(-c2ccc(-n3cnc(C)c3)c(OC)n2)c(C)s1. The van der Waals surface area contributed by atoms with Crippen molar-refractivity contribution >= 4 is 22.2 Å². The first kappa shape index (κ1) is 20.0. The minimum Gasteiger partial charge on any atom is -0.479 e. The van der Waals surface area contributed by atoms with Crippen molar-refractivity contribution < 1.29 is 4.74 Å². The van der Waals surface area contributed by atoms with Gasteiger partial charge in [-0.1, -0.05) is 0 Å². The second kappa shape index (κ2) is 7.96. The van der Waals surface area contributed by atoms with E-state index in [0.717, 1.165) is 45.7 Å². The highest BCUT2D eigenvalue weighted by molar-refractivity contribution is 7.16. The van der Waals surface area contributed by atoms with E-state index in [1.54, 1.807) is 24.8 Å². The molecule has 0 bridgehead atoms. The summed E-state index contributed by atoms with van der Waals surface area (Å²) in [6.45, 7) is 7.09. The Morgan fingerprint density at radius 1 is 1.26 bits per heavy atom. The Labute approximate surface area is 186 Å². The van der Waals surface area contributed by atoms with Crippen molar-refractivity contribution in [2.24, 2.45) is 11.0 Å². The van der Waals surface area contributed by atoms with E-state index in [1.807, 2.05) is 29.8 Å². The average Bonchev–Trinajstić information content (AvgIpc) is 3.53. The van der Waals surface area contributed by atoms with Crippen LogP contribution in [0.1, 0.15) is 36.8 Å². The van der Waals surface area contributed by atoms with Gasteiger partial charge in [-0.3, -0.25) is 5.01 Å². The maximum absolute atomic E-state index is 5.58. The molecule has 0 radical (unpaired) electrons. The molecule has 3 aromatic heterocycles. The lowest BCUT2D eigenvalue weighted by Crippen LogP contribution is -2.39. The molecule has 1 saturated carbocycles. The number of nitrogens with one attached hydrogen (secondary N) is 1. The van der Waals surface area contributed by atoms with Crippen molar-refractivity contribution in [2.45, 2.75) is 46.2 Å². The standard InChI is InChI=1S/C22H27N7OS/c1-5-29-20(15-7-6-8-16(15)27-29)26-22-25-19(14(3)31-22)17-9-10-18(21(24-17)30-4)28-11-13(2)23-12-28/h9-12,15,20H,5-8H2,1-4H3,(H,25,26). The molecule has 9 heteroatoms. The lowest BCUT2D eigenvalue weighted by Gasteiger charge is -2.26. The Morgan fingerprint density at radius 3 is 2.87 bits per heavy atom. The van der Waals surface area contributed by atoms with Gasteiger partial charge in [-0.2, -0.15) is 5.10 Å². The average molecular weight is 438 g/mol. The highest BCUT2D eigenvalue weighted by atomic mass is 32.1. The van der Waals surface area contributed by atoms with Crippen LogP contribution in [-0.2, 0) is 0 Å². The molecule has 0 spiro atoms. The van der Waals surface area contributed by atoms with E-state index in [4.69, 9.17) is 19.8 Å². The summed E-state index contributed by atoms with van der Waals surface area (Å²) in [5.74, 6) is 1.04. The molecule has 5 rings (SSSR count). The molecule has 1 aliphatic heterocycles. The number of imidazole rings is 1. The fraction of sp³-hybridized carbons (Fsp3) is 0.455. The van der Waals surface area contributed by atoms with Crippen LogP contribution in [0, 0.1) is 19.8 Å². The summed E-state index contributed by atoms with van der Waals surface area (Å²) in [6.07, 6.45) is 7.45. The summed E-state index contributed by atoms with van der Waals surface area (Å²) in [4.78, 5) is 15.1. The van der Waals surface area contributed by atoms with Crippen molar-refractivity contribution in [1.82, 2.24) is 24.5 Å². The number of hydrogen-bond acceptors (Lipinski definition) is 8. The van der Waals surface area contributed by atoms with Crippen LogP contribution >= 0.6 is 11.3 Å². The summed E-state index contributed by atoms with van der Waals surface area (Å²) in [5.41, 5.74) is 4.82. The molecule has 2 unspecified atom stereocenters. The van der Waals surface area contributed by atoms with Gasteiger partial charge < -0.3 is 14.6 Å². The third-order valence-electron chi connectivity index (χ3n) is 5.99. The molecule has 8 nitrogen and oxygen atoms in total. The molecule has 2 atom stereocenters. The smallest absolute Gasteiger partial charge is 0.238 e. The minimum absolute atomic E-state index is 0.190. The molecule has 4 heterocycles. The number of pyridine rings is 1. The molecule has 1 fully saturated rings. The fourth-order valence-electron chi connectivity index (χ4n) is 4.48. The molecule has 1 N–H and O–H groups in total. The lowest BCUT2D eigenvalue weighted by atomic mass is 10.0. The van der Waals surface area contributed by atoms with Crippen molar-refractivity contribution in [2.75, 3.05) is 19.0 Å². The van der Waals surface area contributed by atoms with Crippen LogP contribution in [-0.4, -0.2) is 50.1 Å². The Hall–Kier alpha value is -2.94. The number of nitrogens with zero attached hydrogens (tertiary/aromatic N) is 6. The highest BCUT2D eigenvalue weighted by Gasteiger charge is 2.39. The number of fused-ring (bicyclic) bond motifs is 1. The van der Waals surface area contributed by atoms with Crippen LogP contribution in [0.4, 0.5) is 5.13 Å². The van der Waals surface area contributed by atoms with Gasteiger partial charge in [-0.05, 0) is 52.2 Å². The van der Waals surface area contributed by atoms with Gasteiger partial charge in [0.05, 0.1) is 24.8 Å². The van der Waals surface area contributed by atoms with Gasteiger partial charge in [0.25, 0.3) is 0 Å². The third-order valence-corrected chi connectivity index (χ3v) is 6.90. The Kier molecular flexibility index (Phi) is 5.13. The van der Waals surface area contributed by atoms with E-state index in [0.29, 0.717) is 11.8 Å². The Morgan fingerprint density at radius 2 is 2.13 bits per heavy atom. The number of rotatable bonds is 6. The number of anilines is 1. The monoisotopic (exact) mass is 437 g/mol. The molecule has 0 aromatic carbocycles. The van der Waals surface area contributed by atoms with Gasteiger partial charge in [-0.25, -0.2) is 15.0 Å². The number of thiazole rings is 1. The quantitative estimate of drug-likeness (QED) is 0.621. The summed E-state index contributed by atoms with van der Waals surface area (Å²) in [6, 6.07) is 3.99. The predicted octanol–water partition coefficient (Wildman–Crippen LogP) is 4.25. The number of hydrogen-bond donors (Lipinski definition) is 1. The van der Waals surface area contributed by atoms with Crippen LogP contribution in [0.2, 0.25) is 0 Å². The zero-order valence-electron chi connectivity index (χ0n) is 18.3. The van der Waals surface area contributed by atoms with E-state index in [2.05, 4.69) is 29.2 Å². The zero-order valence-corrected chi connectivity index (χ0v) is 19.1. The van der Waals surface area contributed by atoms with Gasteiger partial charge in [0.1, 0.15) is 17.5 Å². The van der Waals surface area contributed by atoms with Crippen molar-refractivity contribution in [3.05, 3.63) is 35.2 Å². The summed E-state index contributed by atoms with van der Waals surface area (Å²) < 4.78 is 7.50. The van der Waals surface area contributed by atoms with Gasteiger partial charge in [0, 0.05) is 29.2 Å². The maximum atomic E-state index is 5.58. The summed E-state index contributed by atoms with van der Waals surface area (Å²) in [7, 11) is 1.64. The van der Waals surface area contributed by atoms with E-state index < -0.39 is 0 Å². The third kappa shape index (κ3) is 3.56. The van der Waals surface area contributed by atoms with Crippen molar-refractivity contribution in [3.63, 3.8) is 0 Å². The predicted molar refractivity (Wildman–Crippen MR) is 123 cm³/mol. The van der Waals surface area contributed by atoms with Gasteiger partial charge in [0.2, 0.25) is 5.88 Å². The number of methoxy groups -OCH3 is 1. The van der Waals surface area contributed by atoms with E-state index in [1.165, 1.54) is 18.6 Å². The lowest BCUT2D eigenvalue weighted by molar-refractivity contribution is 0.230. The first-order chi connectivity index (χ1) is 15.1. The van der Waals surface area contributed by atoms with Crippen LogP contribution in [0.5, 0.6) is 5.88 Å². The molecule has 3 aromatic rings. The van der Waals surface area contributed by atoms with Gasteiger partial charge in [0.15, 0.2) is 5.13 Å². The molecule has 0 saturated heterocycles. The topological polar surface area (TPSA) is 80.5 Å². The minimum atomic E-state index is 0.190. The molecular weight excluding hydrogens is 410 g/mol. The largest absolute Gasteiger partial charge is 0.479 e. The van der Waals surface area contributed by atoms with Gasteiger partial charge in [-0.15, -0.1) is 11.3 Å². The second-order valence-corrected chi connectivity index (χ2v) is 9.21. The number of hydrazone groups is 1. The van der Waals surface area contributed by atoms with E-state index in [-0.39, 0.29) is 6.17 Å². The Bertz CT molecular complexity index is 1130. The summed E-state index contributed by atoms with van der Waals surface area (Å²) in [5, 5.41) is 11.6. The molecule has 2 aliphatic rings. The first-order valence-corrected chi connectivity index (χ1v) is 11.5. The highest BCUT2D eigenvalue weighted by Crippen LogP contribution is 2.37. The second-order valence-electron chi connectivity index (χ2n) is 8.01. The van der Waals surface area contributed by atoms with Crippen molar-refractivity contribution in [3.8, 4) is 23.0 Å². The maximum Gasteiger partial charge on any atom is 0.238 e. The van der Waals surface area contributed by atoms with Crippen LogP contribution in [0.3, 0.4) is 0 Å². The number of aromatic nitrogens is 4. The number of aryl methyl sites for hydroxylation is 2. The summed E-state index contributed by atoms with van der Waals surface area (Å²) >= 11 is 1.66.